The minimum Gasteiger partial charge on any atom is -0.356 e. The molecule has 74 valence electrons. The number of likely N-dealkylation sites (N-methyl/N-ethyl adjacent to an activating group) is 1. The summed E-state index contributed by atoms with van der Waals surface area (Å²) in [5.74, 6) is -0.613. The first-order valence-corrected chi connectivity index (χ1v) is 4.77. The van der Waals surface area contributed by atoms with E-state index in [1.54, 1.807) is 12.1 Å². The Balaban J connectivity index is 2.90. The lowest BCUT2D eigenvalue weighted by Crippen LogP contribution is -2.13. The van der Waals surface area contributed by atoms with Crippen LogP contribution in [0.25, 0.3) is 6.08 Å². The normalized spacial score (nSPS) is 10.5. The number of amides is 1. The van der Waals surface area contributed by atoms with Crippen molar-refractivity contribution in [2.75, 3.05) is 7.05 Å². The van der Waals surface area contributed by atoms with Crippen LogP contribution in [0.3, 0.4) is 0 Å². The zero-order valence-electron chi connectivity index (χ0n) is 7.55. The van der Waals surface area contributed by atoms with Crippen LogP contribution in [0, 0.1) is 5.82 Å². The molecule has 0 heterocycles. The largest absolute Gasteiger partial charge is 0.356 e. The lowest BCUT2D eigenvalue weighted by Gasteiger charge is -1.97. The van der Waals surface area contributed by atoms with Gasteiger partial charge in [-0.3, -0.25) is 4.79 Å². The molecule has 0 aliphatic rings. The van der Waals surface area contributed by atoms with Crippen LogP contribution in [0.4, 0.5) is 4.39 Å². The zero-order valence-corrected chi connectivity index (χ0v) is 9.14. The van der Waals surface area contributed by atoms with Gasteiger partial charge >= 0.3 is 0 Å². The third-order valence-corrected chi connectivity index (χ3v) is 2.11. The van der Waals surface area contributed by atoms with E-state index in [1.807, 2.05) is 0 Å². The third kappa shape index (κ3) is 2.96. The minimum atomic E-state index is -0.353. The highest BCUT2D eigenvalue weighted by Gasteiger charge is 1.99. The van der Waals surface area contributed by atoms with E-state index >= 15 is 0 Å². The fraction of sp³-hybridized carbons (Fsp3) is 0.100. The minimum absolute atomic E-state index is 0.260. The Morgan fingerprint density at radius 2 is 2.29 bits per heavy atom. The van der Waals surface area contributed by atoms with Crippen molar-refractivity contribution >= 4 is 27.9 Å². The van der Waals surface area contributed by atoms with Crippen molar-refractivity contribution in [1.29, 1.82) is 0 Å². The maximum Gasteiger partial charge on any atom is 0.243 e. The molecule has 0 fully saturated rings. The lowest BCUT2D eigenvalue weighted by molar-refractivity contribution is -0.115. The molecule has 0 atom stereocenters. The van der Waals surface area contributed by atoms with Gasteiger partial charge in [0.05, 0.1) is 0 Å². The standard InChI is InChI=1S/C10H9BrFNO/c1-13-10(14)5-2-7-6-8(11)3-4-9(7)12/h2-6H,1H3,(H,13,14)/b5-2+. The summed E-state index contributed by atoms with van der Waals surface area (Å²) < 4.78 is 13.9. The lowest BCUT2D eigenvalue weighted by atomic mass is 10.2. The van der Waals surface area contributed by atoms with E-state index in [4.69, 9.17) is 0 Å². The van der Waals surface area contributed by atoms with Crippen LogP contribution in [0.1, 0.15) is 5.56 Å². The summed E-state index contributed by atoms with van der Waals surface area (Å²) in [5, 5.41) is 2.41. The van der Waals surface area contributed by atoms with Crippen LogP contribution >= 0.6 is 15.9 Å². The SMILES string of the molecule is CNC(=O)/C=C/c1cc(Br)ccc1F. The van der Waals surface area contributed by atoms with Gasteiger partial charge in [-0.25, -0.2) is 4.39 Å². The van der Waals surface area contributed by atoms with Crippen LogP contribution in [-0.4, -0.2) is 13.0 Å². The molecule has 0 aromatic heterocycles. The molecule has 0 unspecified atom stereocenters. The summed E-state index contributed by atoms with van der Waals surface area (Å²) in [4.78, 5) is 10.8. The number of benzene rings is 1. The van der Waals surface area contributed by atoms with Gasteiger partial charge < -0.3 is 5.32 Å². The van der Waals surface area contributed by atoms with Crippen molar-refractivity contribution in [3.05, 3.63) is 40.1 Å². The molecule has 0 saturated carbocycles. The fourth-order valence-electron chi connectivity index (χ4n) is 0.891. The smallest absolute Gasteiger partial charge is 0.243 e. The number of nitrogens with one attached hydrogen (secondary N) is 1. The molecule has 0 radical (unpaired) electrons. The van der Waals surface area contributed by atoms with E-state index in [-0.39, 0.29) is 11.7 Å². The molecular formula is C10H9BrFNO. The molecule has 2 nitrogen and oxygen atoms in total. The molecule has 0 aliphatic heterocycles. The quantitative estimate of drug-likeness (QED) is 0.810. The van der Waals surface area contributed by atoms with Crippen LogP contribution in [0.15, 0.2) is 28.7 Å². The summed E-state index contributed by atoms with van der Waals surface area (Å²) in [6, 6.07) is 4.55. The van der Waals surface area contributed by atoms with E-state index < -0.39 is 0 Å². The van der Waals surface area contributed by atoms with E-state index in [0.29, 0.717) is 5.56 Å². The molecule has 4 heteroatoms. The summed E-state index contributed by atoms with van der Waals surface area (Å²) in [6.07, 6.45) is 2.71. The molecule has 0 spiro atoms. The molecule has 1 N–H and O–H groups in total. The molecule has 0 aliphatic carbocycles. The Kier molecular flexibility index (Phi) is 3.83. The van der Waals surface area contributed by atoms with Gasteiger partial charge in [0, 0.05) is 23.2 Å². The second-order valence-corrected chi connectivity index (χ2v) is 3.53. The van der Waals surface area contributed by atoms with Crippen molar-refractivity contribution in [2.45, 2.75) is 0 Å². The van der Waals surface area contributed by atoms with E-state index in [2.05, 4.69) is 21.2 Å². The van der Waals surface area contributed by atoms with Crippen LogP contribution < -0.4 is 5.32 Å². The van der Waals surface area contributed by atoms with Crippen molar-refractivity contribution in [1.82, 2.24) is 5.32 Å². The first-order valence-electron chi connectivity index (χ1n) is 3.98. The second kappa shape index (κ2) is 4.91. The Hall–Kier alpha value is -1.16. The van der Waals surface area contributed by atoms with Gasteiger partial charge in [0.15, 0.2) is 0 Å². The van der Waals surface area contributed by atoms with Gasteiger partial charge in [-0.1, -0.05) is 15.9 Å². The van der Waals surface area contributed by atoms with Gasteiger partial charge in [0.2, 0.25) is 5.91 Å². The molecule has 0 bridgehead atoms. The molecule has 0 saturated heterocycles. The Labute approximate surface area is 89.9 Å². The Bertz CT molecular complexity index is 376. The van der Waals surface area contributed by atoms with E-state index in [1.165, 1.54) is 25.3 Å². The van der Waals surface area contributed by atoms with Crippen molar-refractivity contribution in [3.63, 3.8) is 0 Å². The fourth-order valence-corrected chi connectivity index (χ4v) is 1.27. The molecule has 1 rings (SSSR count). The second-order valence-electron chi connectivity index (χ2n) is 2.61. The Morgan fingerprint density at radius 3 is 2.93 bits per heavy atom. The van der Waals surface area contributed by atoms with Gasteiger partial charge in [0.1, 0.15) is 5.82 Å². The highest BCUT2D eigenvalue weighted by molar-refractivity contribution is 9.10. The van der Waals surface area contributed by atoms with Gasteiger partial charge in [-0.2, -0.15) is 0 Å². The average Bonchev–Trinajstić information content (AvgIpc) is 2.19. The topological polar surface area (TPSA) is 29.1 Å². The Morgan fingerprint density at radius 1 is 1.57 bits per heavy atom. The summed E-state index contributed by atoms with van der Waals surface area (Å²) in [6.45, 7) is 0. The monoisotopic (exact) mass is 257 g/mol. The number of carbonyl (C=O) groups excluding carboxylic acids is 1. The number of hydrogen-bond acceptors (Lipinski definition) is 1. The average molecular weight is 258 g/mol. The van der Waals surface area contributed by atoms with Crippen molar-refractivity contribution in [3.8, 4) is 0 Å². The van der Waals surface area contributed by atoms with Crippen LogP contribution in [-0.2, 0) is 4.79 Å². The predicted octanol–water partition coefficient (Wildman–Crippen LogP) is 2.35. The van der Waals surface area contributed by atoms with E-state index in [0.717, 1.165) is 4.47 Å². The number of halogens is 2. The highest BCUT2D eigenvalue weighted by Crippen LogP contribution is 2.16. The van der Waals surface area contributed by atoms with Crippen LogP contribution in [0.5, 0.6) is 0 Å². The predicted molar refractivity (Wildman–Crippen MR) is 57.2 cm³/mol. The molecule has 1 aromatic rings. The third-order valence-electron chi connectivity index (χ3n) is 1.62. The molecule has 1 amide bonds. The van der Waals surface area contributed by atoms with Gasteiger partial charge in [-0.15, -0.1) is 0 Å². The first-order chi connectivity index (χ1) is 6.63. The number of carbonyl (C=O) groups is 1. The number of rotatable bonds is 2. The highest BCUT2D eigenvalue weighted by atomic mass is 79.9. The van der Waals surface area contributed by atoms with Gasteiger partial charge in [-0.05, 0) is 24.3 Å². The summed E-state index contributed by atoms with van der Waals surface area (Å²) >= 11 is 3.22. The molecular weight excluding hydrogens is 249 g/mol. The van der Waals surface area contributed by atoms with Crippen molar-refractivity contribution in [2.24, 2.45) is 0 Å². The summed E-state index contributed by atoms with van der Waals surface area (Å²) in [5.41, 5.74) is 0.378. The van der Waals surface area contributed by atoms with Crippen LogP contribution in [0.2, 0.25) is 0 Å². The van der Waals surface area contributed by atoms with E-state index in [9.17, 15) is 9.18 Å². The maximum absolute atomic E-state index is 13.1. The first kappa shape index (κ1) is 10.9. The van der Waals surface area contributed by atoms with Gasteiger partial charge in [0.25, 0.3) is 0 Å². The maximum atomic E-state index is 13.1. The van der Waals surface area contributed by atoms with Crippen molar-refractivity contribution < 1.29 is 9.18 Å². The summed E-state index contributed by atoms with van der Waals surface area (Å²) in [7, 11) is 1.52. The molecule has 1 aromatic carbocycles. The zero-order chi connectivity index (χ0) is 10.6. The number of hydrogen-bond donors (Lipinski definition) is 1. The molecule has 14 heavy (non-hydrogen) atoms.